The molecule has 65 heavy (non-hydrogen) atoms. The number of nitrogens with one attached hydrogen (secondary N) is 2. The van der Waals surface area contributed by atoms with Crippen LogP contribution >= 0.6 is 0 Å². The minimum atomic E-state index is -0.703. The third kappa shape index (κ3) is 6.10. The number of aromatic nitrogens is 8. The normalized spacial score (nSPS) is 19.3. The molecule has 11 rings (SSSR count). The Kier molecular flexibility index (Phi) is 9.09. The summed E-state index contributed by atoms with van der Waals surface area (Å²) in [7, 11) is 1.88. The maximum atomic E-state index is 15.4. The number of hydrogen-bond acceptors (Lipinski definition) is 8. The van der Waals surface area contributed by atoms with Crippen molar-refractivity contribution in [2.75, 3.05) is 6.54 Å². The zero-order valence-corrected chi connectivity index (χ0v) is 37.2. The van der Waals surface area contributed by atoms with Crippen molar-refractivity contribution in [1.29, 1.82) is 0 Å². The van der Waals surface area contributed by atoms with Crippen LogP contribution in [-0.2, 0) is 36.8 Å². The first kappa shape index (κ1) is 40.4. The summed E-state index contributed by atoms with van der Waals surface area (Å²) in [6.45, 7) is 12.2. The van der Waals surface area contributed by atoms with Crippen LogP contribution in [0.2, 0.25) is 0 Å². The fourth-order valence-corrected chi connectivity index (χ4v) is 10.5. The van der Waals surface area contributed by atoms with E-state index in [2.05, 4.69) is 64.4 Å². The SMILES string of the molecule is CCc1nccc(-c2ccc3c(c2)cc(C(=O)N2CCc4nn(-c5cc(C)c(F)c(C)c5)c(-n5ccn(-c6ccc7c(C)nn(C)c7c6)c5=O)c4C2)n3[C@@]2(C3NOC(=O)N3)C[C@@H]2C)c1C. The number of rotatable bonds is 8. The molecule has 330 valence electrons. The van der Waals surface area contributed by atoms with Crippen molar-refractivity contribution in [2.45, 2.75) is 79.1 Å². The molecule has 0 spiro atoms. The van der Waals surface area contributed by atoms with Gasteiger partial charge in [0, 0.05) is 66.2 Å². The molecular weight excluding hydrogens is 826 g/mol. The van der Waals surface area contributed by atoms with Gasteiger partial charge in [-0.2, -0.15) is 10.2 Å². The summed E-state index contributed by atoms with van der Waals surface area (Å²) in [6.07, 6.45) is 6.03. The Labute approximate surface area is 373 Å². The lowest BCUT2D eigenvalue weighted by molar-refractivity contribution is 0.0709. The standard InChI is InChI=1S/C49H48FN11O4/c1-8-38-29(5)35(13-15-51-38)31-9-12-40-32(21-31)22-42(60(40)49(24-28(49)4)46-52-47(63)65-55-46)45(62)57-16-14-39-37(25-57)44(61(54-39)34-19-26(2)43(50)27(3)20-34)59-18-17-58(48(59)64)33-10-11-36-30(6)53-56(7)41(36)23-33/h9-13,15,17-23,28,46,55H,8,14,16,24-25H2,1-7H3,(H,52,63)/t28-,46?,49-/m0/s1. The van der Waals surface area contributed by atoms with Crippen LogP contribution < -0.4 is 16.5 Å². The number of imidazole rings is 1. The van der Waals surface area contributed by atoms with Gasteiger partial charge in [-0.3, -0.25) is 28.9 Å². The predicted octanol–water partition coefficient (Wildman–Crippen LogP) is 7.16. The number of fused-ring (bicyclic) bond motifs is 3. The van der Waals surface area contributed by atoms with Gasteiger partial charge in [0.15, 0.2) is 0 Å². The van der Waals surface area contributed by atoms with E-state index in [1.807, 2.05) is 55.4 Å². The summed E-state index contributed by atoms with van der Waals surface area (Å²) in [5, 5.41) is 14.5. The first-order valence-electron chi connectivity index (χ1n) is 22.0. The van der Waals surface area contributed by atoms with Crippen molar-refractivity contribution in [2.24, 2.45) is 13.0 Å². The number of carbonyl (C=O) groups is 2. The summed E-state index contributed by atoms with van der Waals surface area (Å²) in [5.74, 6) is 0.0364. The van der Waals surface area contributed by atoms with Crippen molar-refractivity contribution < 1.29 is 18.8 Å². The first-order valence-corrected chi connectivity index (χ1v) is 22.0. The Morgan fingerprint density at radius 3 is 2.43 bits per heavy atom. The van der Waals surface area contributed by atoms with Crippen LogP contribution in [0.15, 0.2) is 84.0 Å². The van der Waals surface area contributed by atoms with Crippen LogP contribution in [0.4, 0.5) is 9.18 Å². The molecular formula is C49H48FN11O4. The number of benzene rings is 3. The minimum Gasteiger partial charge on any atom is -0.352 e. The lowest BCUT2D eigenvalue weighted by Gasteiger charge is -2.31. The van der Waals surface area contributed by atoms with Crippen molar-refractivity contribution in [3.05, 3.63) is 141 Å². The Bertz CT molecular complexity index is 3370. The summed E-state index contributed by atoms with van der Waals surface area (Å²) >= 11 is 0. The molecule has 2 N–H and O–H groups in total. The Morgan fingerprint density at radius 1 is 0.938 bits per heavy atom. The molecule has 1 saturated heterocycles. The fourth-order valence-electron chi connectivity index (χ4n) is 10.5. The Hall–Kier alpha value is -7.33. The summed E-state index contributed by atoms with van der Waals surface area (Å²) in [4.78, 5) is 54.2. The second-order valence-corrected chi connectivity index (χ2v) is 17.9. The van der Waals surface area contributed by atoms with Crippen molar-refractivity contribution >= 4 is 33.8 Å². The van der Waals surface area contributed by atoms with Crippen LogP contribution in [0, 0.1) is 39.4 Å². The van der Waals surface area contributed by atoms with E-state index in [0.29, 0.717) is 59.0 Å². The van der Waals surface area contributed by atoms with E-state index < -0.39 is 17.8 Å². The summed E-state index contributed by atoms with van der Waals surface area (Å²) in [6, 6.07) is 19.5. The van der Waals surface area contributed by atoms with E-state index in [9.17, 15) is 9.59 Å². The Morgan fingerprint density at radius 2 is 1.71 bits per heavy atom. The van der Waals surface area contributed by atoms with Gasteiger partial charge in [-0.05, 0) is 129 Å². The molecule has 2 amide bonds. The van der Waals surface area contributed by atoms with Gasteiger partial charge in [-0.25, -0.2) is 18.7 Å². The van der Waals surface area contributed by atoms with Crippen LogP contribution in [0.5, 0.6) is 0 Å². The molecule has 5 aromatic heterocycles. The van der Waals surface area contributed by atoms with Crippen LogP contribution in [0.3, 0.4) is 0 Å². The fraction of sp³-hybridized carbons (Fsp3) is 0.306. The highest BCUT2D eigenvalue weighted by atomic mass is 19.1. The van der Waals surface area contributed by atoms with E-state index in [1.165, 1.54) is 0 Å². The zero-order valence-electron chi connectivity index (χ0n) is 37.2. The number of nitrogens with zero attached hydrogens (tertiary/aromatic N) is 9. The molecule has 1 saturated carbocycles. The molecule has 15 nitrogen and oxygen atoms in total. The highest BCUT2D eigenvalue weighted by Crippen LogP contribution is 2.55. The molecule has 7 heterocycles. The smallest absolute Gasteiger partial charge is 0.352 e. The molecule has 1 unspecified atom stereocenters. The average Bonchev–Trinajstić information content (AvgIpc) is 3.88. The van der Waals surface area contributed by atoms with Crippen molar-refractivity contribution in [1.82, 2.24) is 53.9 Å². The number of pyridine rings is 1. The zero-order chi connectivity index (χ0) is 45.2. The average molecular weight is 874 g/mol. The first-order chi connectivity index (χ1) is 31.3. The van der Waals surface area contributed by atoms with Gasteiger partial charge in [0.1, 0.15) is 23.5 Å². The van der Waals surface area contributed by atoms with Crippen molar-refractivity contribution in [3.63, 3.8) is 0 Å². The minimum absolute atomic E-state index is 0.0809. The van der Waals surface area contributed by atoms with E-state index in [1.54, 1.807) is 56.9 Å². The van der Waals surface area contributed by atoms with E-state index in [-0.39, 0.29) is 29.9 Å². The highest BCUT2D eigenvalue weighted by molar-refractivity contribution is 6.00. The molecule has 0 radical (unpaired) electrons. The lowest BCUT2D eigenvalue weighted by Crippen LogP contribution is -2.49. The largest absolute Gasteiger partial charge is 0.427 e. The Balaban J connectivity index is 1.04. The molecule has 3 atom stereocenters. The van der Waals surface area contributed by atoms with E-state index >= 15 is 9.18 Å². The monoisotopic (exact) mass is 873 g/mol. The molecule has 0 bridgehead atoms. The van der Waals surface area contributed by atoms with E-state index in [4.69, 9.17) is 9.94 Å². The van der Waals surface area contributed by atoms with Crippen molar-refractivity contribution in [3.8, 4) is 28.3 Å². The van der Waals surface area contributed by atoms with Gasteiger partial charge in [0.25, 0.3) is 5.91 Å². The number of carbonyl (C=O) groups excluding carboxylic acids is 2. The number of halogens is 1. The molecule has 8 aromatic rings. The van der Waals surface area contributed by atoms with Gasteiger partial charge in [-0.1, -0.05) is 19.9 Å². The third-order valence-electron chi connectivity index (χ3n) is 14.0. The molecule has 2 fully saturated rings. The van der Waals surface area contributed by atoms with Gasteiger partial charge in [0.05, 0.1) is 40.4 Å². The van der Waals surface area contributed by atoms with Crippen LogP contribution in [0.25, 0.3) is 50.1 Å². The number of aryl methyl sites for hydroxylation is 5. The molecule has 16 heteroatoms. The number of hydrogen-bond donors (Lipinski definition) is 2. The second kappa shape index (κ2) is 14.6. The molecule has 3 aromatic carbocycles. The quantitative estimate of drug-likeness (QED) is 0.163. The van der Waals surface area contributed by atoms with Gasteiger partial charge < -0.3 is 14.3 Å². The third-order valence-corrected chi connectivity index (χ3v) is 14.0. The van der Waals surface area contributed by atoms with Gasteiger partial charge in [0.2, 0.25) is 0 Å². The van der Waals surface area contributed by atoms with Gasteiger partial charge in [-0.15, -0.1) is 5.48 Å². The maximum Gasteiger partial charge on any atom is 0.427 e. The topological polar surface area (TPSA) is 151 Å². The number of hydroxylamine groups is 1. The molecule has 1 aliphatic carbocycles. The molecule has 3 aliphatic rings. The maximum absolute atomic E-state index is 15.4. The highest BCUT2D eigenvalue weighted by Gasteiger charge is 2.62. The lowest BCUT2D eigenvalue weighted by atomic mass is 9.98. The predicted molar refractivity (Wildman–Crippen MR) is 243 cm³/mol. The van der Waals surface area contributed by atoms with Crippen LogP contribution in [0.1, 0.15) is 70.1 Å². The molecule has 2 aliphatic heterocycles. The second-order valence-electron chi connectivity index (χ2n) is 17.9. The van der Waals surface area contributed by atoms with Crippen LogP contribution in [-0.4, -0.2) is 67.9 Å². The van der Waals surface area contributed by atoms with Gasteiger partial charge >= 0.3 is 11.8 Å². The van der Waals surface area contributed by atoms with E-state index in [0.717, 1.165) is 62.0 Å². The number of amides is 2. The summed E-state index contributed by atoms with van der Waals surface area (Å²) in [5.41, 5.74) is 12.8. The summed E-state index contributed by atoms with van der Waals surface area (Å²) < 4.78 is 23.8.